The van der Waals surface area contributed by atoms with Crippen molar-refractivity contribution < 1.29 is 19.5 Å². The van der Waals surface area contributed by atoms with Gasteiger partial charge >= 0.3 is 5.97 Å². The van der Waals surface area contributed by atoms with E-state index in [0.717, 1.165) is 40.6 Å². The number of benzene rings is 2. The van der Waals surface area contributed by atoms with Crippen LogP contribution in [0.15, 0.2) is 48.0 Å². The van der Waals surface area contributed by atoms with Crippen molar-refractivity contribution in [3.8, 4) is 11.3 Å². The van der Waals surface area contributed by atoms with Crippen LogP contribution >= 0.6 is 0 Å². The second-order valence-electron chi connectivity index (χ2n) is 9.51. The number of likely N-dealkylation sites (N-methyl/N-ethyl adjacent to an activating group) is 1. The number of amides is 2. The molecule has 2 amide bonds. The van der Waals surface area contributed by atoms with Crippen LogP contribution in [0.4, 0.5) is 0 Å². The molecule has 35 heavy (non-hydrogen) atoms. The molecule has 1 aromatic heterocycles. The predicted octanol–water partition coefficient (Wildman–Crippen LogP) is 4.96. The van der Waals surface area contributed by atoms with Crippen molar-refractivity contribution in [3.63, 3.8) is 0 Å². The summed E-state index contributed by atoms with van der Waals surface area (Å²) < 4.78 is 2.10. The first-order valence-corrected chi connectivity index (χ1v) is 12.1. The molecule has 2 N–H and O–H groups in total. The molecule has 7 heteroatoms. The van der Waals surface area contributed by atoms with Crippen LogP contribution in [0.5, 0.6) is 0 Å². The fourth-order valence-corrected chi connectivity index (χ4v) is 5.64. The lowest BCUT2D eigenvalue weighted by atomic mass is 9.81. The molecule has 0 unspecified atom stereocenters. The number of aromatic carboxylic acids is 1. The maximum absolute atomic E-state index is 13.4. The number of carbonyl (C=O) groups excluding carboxylic acids is 2. The molecule has 5 rings (SSSR count). The van der Waals surface area contributed by atoms with Crippen LogP contribution in [0.1, 0.15) is 66.4 Å². The van der Waals surface area contributed by atoms with Gasteiger partial charge in [0.15, 0.2) is 0 Å². The quantitative estimate of drug-likeness (QED) is 0.528. The zero-order valence-electron chi connectivity index (χ0n) is 20.0. The van der Waals surface area contributed by atoms with Crippen LogP contribution < -0.4 is 5.43 Å². The molecule has 7 nitrogen and oxygen atoms in total. The molecule has 0 spiro atoms. The van der Waals surface area contributed by atoms with E-state index in [1.165, 1.54) is 43.8 Å². The minimum atomic E-state index is -0.979. The Hall–Kier alpha value is -3.87. The van der Waals surface area contributed by atoms with Crippen LogP contribution in [0.2, 0.25) is 0 Å². The highest BCUT2D eigenvalue weighted by atomic mass is 16.4. The van der Waals surface area contributed by atoms with E-state index in [1.807, 2.05) is 30.3 Å². The van der Waals surface area contributed by atoms with E-state index >= 15 is 0 Å². The van der Waals surface area contributed by atoms with Gasteiger partial charge in [-0.1, -0.05) is 49.6 Å². The lowest BCUT2D eigenvalue weighted by Crippen LogP contribution is -2.43. The van der Waals surface area contributed by atoms with Crippen molar-refractivity contribution in [2.45, 2.75) is 51.5 Å². The molecule has 0 atom stereocenters. The summed E-state index contributed by atoms with van der Waals surface area (Å²) in [5, 5.41) is 12.0. The molecule has 2 heterocycles. The third kappa shape index (κ3) is 4.11. The Morgan fingerprint density at radius 2 is 1.80 bits per heavy atom. The predicted molar refractivity (Wildman–Crippen MR) is 135 cm³/mol. The van der Waals surface area contributed by atoms with E-state index < -0.39 is 5.97 Å². The van der Waals surface area contributed by atoms with E-state index in [1.54, 1.807) is 12.1 Å². The van der Waals surface area contributed by atoms with E-state index in [4.69, 9.17) is 0 Å². The standard InChI is InChI=1S/C28H29N3O4/c1-17(32)29-30(2)27(33)21-14-19-10-6-7-11-22(19)26-25(18-8-4-3-5-9-18)23-13-12-20(28(34)35)15-24(23)31(26)16-21/h6-7,10-15,18H,3-5,8-9,16H2,1-2H3,(H,29,32)(H,34,35). The maximum Gasteiger partial charge on any atom is 0.335 e. The summed E-state index contributed by atoms with van der Waals surface area (Å²) in [5.74, 6) is -1.23. The summed E-state index contributed by atoms with van der Waals surface area (Å²) in [4.78, 5) is 36.8. The van der Waals surface area contributed by atoms with Crippen LogP contribution in [0.25, 0.3) is 28.2 Å². The second kappa shape index (κ2) is 9.06. The number of hydrogen-bond donors (Lipinski definition) is 2. The average Bonchev–Trinajstić information content (AvgIpc) is 3.06. The summed E-state index contributed by atoms with van der Waals surface area (Å²) in [7, 11) is 1.53. The Balaban J connectivity index is 1.77. The molecule has 0 saturated heterocycles. The largest absolute Gasteiger partial charge is 0.478 e. The van der Waals surface area contributed by atoms with E-state index in [9.17, 15) is 19.5 Å². The van der Waals surface area contributed by atoms with E-state index in [-0.39, 0.29) is 23.9 Å². The average molecular weight is 472 g/mol. The number of fused-ring (bicyclic) bond motifs is 5. The normalized spacial score (nSPS) is 15.5. The Labute approximate surface area is 204 Å². The highest BCUT2D eigenvalue weighted by molar-refractivity contribution is 6.03. The minimum absolute atomic E-state index is 0.220. The molecule has 0 radical (unpaired) electrons. The van der Waals surface area contributed by atoms with Gasteiger partial charge in [0, 0.05) is 36.0 Å². The Kier molecular flexibility index (Phi) is 5.93. The number of hydrazine groups is 1. The summed E-state index contributed by atoms with van der Waals surface area (Å²) in [6.07, 6.45) is 7.67. The second-order valence-corrected chi connectivity index (χ2v) is 9.51. The zero-order chi connectivity index (χ0) is 24.7. The Morgan fingerprint density at radius 1 is 1.06 bits per heavy atom. The van der Waals surface area contributed by atoms with Crippen LogP contribution in [0.3, 0.4) is 0 Å². The number of nitrogens with one attached hydrogen (secondary N) is 1. The monoisotopic (exact) mass is 471 g/mol. The summed E-state index contributed by atoms with van der Waals surface area (Å²) in [5.41, 5.74) is 8.38. The Morgan fingerprint density at radius 3 is 2.51 bits per heavy atom. The molecule has 1 fully saturated rings. The minimum Gasteiger partial charge on any atom is -0.478 e. The topological polar surface area (TPSA) is 91.6 Å². The van der Waals surface area contributed by atoms with Gasteiger partial charge in [0.1, 0.15) is 0 Å². The molecule has 1 saturated carbocycles. The van der Waals surface area contributed by atoms with E-state index in [2.05, 4.69) is 16.1 Å². The van der Waals surface area contributed by atoms with Crippen molar-refractivity contribution in [1.29, 1.82) is 0 Å². The smallest absolute Gasteiger partial charge is 0.335 e. The summed E-state index contributed by atoms with van der Waals surface area (Å²) in [6.45, 7) is 1.64. The van der Waals surface area contributed by atoms with E-state index in [0.29, 0.717) is 11.5 Å². The van der Waals surface area contributed by atoms with Gasteiger partial charge in [-0.05, 0) is 48.1 Å². The highest BCUT2D eigenvalue weighted by Gasteiger charge is 2.30. The van der Waals surface area contributed by atoms with Crippen LogP contribution in [-0.4, -0.2) is 39.5 Å². The summed E-state index contributed by atoms with van der Waals surface area (Å²) >= 11 is 0. The number of rotatable bonds is 3. The molecular weight excluding hydrogens is 442 g/mol. The third-order valence-corrected chi connectivity index (χ3v) is 7.14. The first-order chi connectivity index (χ1) is 16.8. The van der Waals surface area contributed by atoms with Crippen molar-refractivity contribution in [1.82, 2.24) is 15.0 Å². The number of carboxylic acid groups (broad SMARTS) is 1. The zero-order valence-corrected chi connectivity index (χ0v) is 20.0. The van der Waals surface area contributed by atoms with Gasteiger partial charge in [0.25, 0.3) is 5.91 Å². The lowest BCUT2D eigenvalue weighted by Gasteiger charge is -2.24. The van der Waals surface area contributed by atoms with Gasteiger partial charge in [-0.15, -0.1) is 0 Å². The molecule has 1 aliphatic carbocycles. The number of nitrogens with zero attached hydrogens (tertiary/aromatic N) is 2. The summed E-state index contributed by atoms with van der Waals surface area (Å²) in [6, 6.07) is 13.4. The number of carbonyl (C=O) groups is 3. The first kappa shape index (κ1) is 22.9. The molecule has 180 valence electrons. The van der Waals surface area contributed by atoms with Crippen molar-refractivity contribution in [2.75, 3.05) is 7.05 Å². The van der Waals surface area contributed by atoms with Crippen molar-refractivity contribution >= 4 is 34.8 Å². The maximum atomic E-state index is 13.4. The molecule has 2 aromatic carbocycles. The number of carboxylic acids is 1. The molecule has 3 aromatic rings. The van der Waals surface area contributed by atoms with Crippen LogP contribution in [0, 0.1) is 0 Å². The first-order valence-electron chi connectivity index (χ1n) is 12.1. The highest BCUT2D eigenvalue weighted by Crippen LogP contribution is 2.46. The third-order valence-electron chi connectivity index (χ3n) is 7.14. The van der Waals surface area contributed by atoms with Gasteiger partial charge in [-0.3, -0.25) is 20.0 Å². The molecule has 0 bridgehead atoms. The van der Waals surface area contributed by atoms with Gasteiger partial charge in [-0.25, -0.2) is 4.79 Å². The number of hydrogen-bond acceptors (Lipinski definition) is 3. The number of aromatic nitrogens is 1. The fraction of sp³-hybridized carbons (Fsp3) is 0.321. The fourth-order valence-electron chi connectivity index (χ4n) is 5.64. The molecular formula is C28H29N3O4. The van der Waals surface area contributed by atoms with Gasteiger partial charge in [-0.2, -0.15) is 0 Å². The lowest BCUT2D eigenvalue weighted by molar-refractivity contribution is -0.136. The van der Waals surface area contributed by atoms with Gasteiger partial charge in [0.05, 0.1) is 17.8 Å². The van der Waals surface area contributed by atoms with Gasteiger partial charge in [0.2, 0.25) is 5.91 Å². The Bertz CT molecular complexity index is 1380. The van der Waals surface area contributed by atoms with Crippen molar-refractivity contribution in [2.24, 2.45) is 0 Å². The van der Waals surface area contributed by atoms with Crippen LogP contribution in [-0.2, 0) is 16.1 Å². The van der Waals surface area contributed by atoms with Crippen molar-refractivity contribution in [3.05, 3.63) is 64.7 Å². The van der Waals surface area contributed by atoms with Gasteiger partial charge < -0.3 is 9.67 Å². The molecule has 1 aliphatic heterocycles. The SMILES string of the molecule is CC(=O)NN(C)C(=O)C1=Cc2ccccc2-c2c(C3CCCCC3)c3ccc(C(=O)O)cc3n2C1. The molecule has 2 aliphatic rings.